The van der Waals surface area contributed by atoms with Crippen molar-refractivity contribution in [1.82, 2.24) is 15.3 Å². The molecule has 0 radical (unpaired) electrons. The number of hydrogen-bond acceptors (Lipinski definition) is 4. The summed E-state index contributed by atoms with van der Waals surface area (Å²) >= 11 is 0. The third-order valence-electron chi connectivity index (χ3n) is 4.57. The van der Waals surface area contributed by atoms with Gasteiger partial charge in [-0.1, -0.05) is 13.3 Å². The molecule has 2 atom stereocenters. The van der Waals surface area contributed by atoms with E-state index in [1.807, 2.05) is 6.20 Å². The minimum absolute atomic E-state index is 0.269. The molecule has 2 aliphatic rings. The van der Waals surface area contributed by atoms with Gasteiger partial charge in [-0.05, 0) is 45.6 Å². The number of fused-ring (bicyclic) bond motifs is 1. The van der Waals surface area contributed by atoms with Crippen molar-refractivity contribution < 1.29 is 4.74 Å². The van der Waals surface area contributed by atoms with E-state index in [0.29, 0.717) is 6.04 Å². The number of nitrogens with one attached hydrogen (secondary N) is 1. The van der Waals surface area contributed by atoms with Crippen molar-refractivity contribution in [2.75, 3.05) is 13.2 Å². The molecule has 1 aliphatic carbocycles. The first kappa shape index (κ1) is 14.0. The first-order valence-corrected chi connectivity index (χ1v) is 7.96. The molecule has 1 aromatic heterocycles. The number of rotatable bonds is 3. The Hall–Kier alpha value is -1.00. The molecule has 20 heavy (non-hydrogen) atoms. The molecule has 2 heterocycles. The summed E-state index contributed by atoms with van der Waals surface area (Å²) in [6, 6.07) is 0.420. The van der Waals surface area contributed by atoms with Crippen LogP contribution >= 0.6 is 0 Å². The average molecular weight is 275 g/mol. The van der Waals surface area contributed by atoms with Crippen LogP contribution < -0.4 is 5.32 Å². The van der Waals surface area contributed by atoms with Gasteiger partial charge in [0.2, 0.25) is 0 Å². The lowest BCUT2D eigenvalue weighted by Gasteiger charge is -2.24. The molecule has 1 fully saturated rings. The first-order valence-electron chi connectivity index (χ1n) is 7.96. The van der Waals surface area contributed by atoms with Gasteiger partial charge in [-0.15, -0.1) is 0 Å². The molecule has 1 N–H and O–H groups in total. The average Bonchev–Trinajstić information content (AvgIpc) is 2.80. The van der Waals surface area contributed by atoms with E-state index in [2.05, 4.69) is 24.1 Å². The van der Waals surface area contributed by atoms with Crippen LogP contribution in [0.1, 0.15) is 69.1 Å². The van der Waals surface area contributed by atoms with Gasteiger partial charge in [0.05, 0.1) is 0 Å². The van der Waals surface area contributed by atoms with E-state index < -0.39 is 0 Å². The highest BCUT2D eigenvalue weighted by molar-refractivity contribution is 5.24. The molecule has 1 saturated heterocycles. The van der Waals surface area contributed by atoms with E-state index >= 15 is 0 Å². The molecule has 0 amide bonds. The number of hydrogen-bond donors (Lipinski definition) is 1. The highest BCUT2D eigenvalue weighted by atomic mass is 16.5. The zero-order chi connectivity index (χ0) is 14.0. The highest BCUT2D eigenvalue weighted by Gasteiger charge is 2.35. The standard InChI is InChI=1S/C16H25N3O/c1-3-17-13-7-4-5-8-14-12(13)11-18-15(19-14)16(2)9-6-10-20-16/h11,13,17H,3-10H2,1-2H3. The number of ether oxygens (including phenoxy) is 1. The third-order valence-corrected chi connectivity index (χ3v) is 4.57. The van der Waals surface area contributed by atoms with Gasteiger partial charge >= 0.3 is 0 Å². The first-order chi connectivity index (χ1) is 9.73. The molecule has 4 nitrogen and oxygen atoms in total. The fraction of sp³-hybridized carbons (Fsp3) is 0.750. The van der Waals surface area contributed by atoms with Gasteiger partial charge in [0.15, 0.2) is 5.82 Å². The third kappa shape index (κ3) is 2.59. The van der Waals surface area contributed by atoms with Crippen LogP contribution in [0.3, 0.4) is 0 Å². The zero-order valence-corrected chi connectivity index (χ0v) is 12.6. The van der Waals surface area contributed by atoms with Crippen molar-refractivity contribution in [3.8, 4) is 0 Å². The van der Waals surface area contributed by atoms with Gasteiger partial charge in [-0.25, -0.2) is 9.97 Å². The van der Waals surface area contributed by atoms with Crippen LogP contribution in [0.15, 0.2) is 6.20 Å². The van der Waals surface area contributed by atoms with Crippen LogP contribution in [0.5, 0.6) is 0 Å². The normalized spacial score (nSPS) is 30.0. The lowest BCUT2D eigenvalue weighted by Crippen LogP contribution is -2.26. The Morgan fingerprint density at radius 3 is 3.05 bits per heavy atom. The fourth-order valence-electron chi connectivity index (χ4n) is 3.38. The van der Waals surface area contributed by atoms with E-state index in [9.17, 15) is 0 Å². The Morgan fingerprint density at radius 2 is 2.30 bits per heavy atom. The molecule has 0 bridgehead atoms. The van der Waals surface area contributed by atoms with Crippen LogP contribution in [-0.4, -0.2) is 23.1 Å². The molecule has 0 aromatic carbocycles. The number of aryl methyl sites for hydroxylation is 1. The topological polar surface area (TPSA) is 47.0 Å². The summed E-state index contributed by atoms with van der Waals surface area (Å²) < 4.78 is 5.88. The molecule has 0 saturated carbocycles. The van der Waals surface area contributed by atoms with Crippen molar-refractivity contribution >= 4 is 0 Å². The molecular weight excluding hydrogens is 250 g/mol. The molecular formula is C16H25N3O. The number of nitrogens with zero attached hydrogens (tertiary/aromatic N) is 2. The smallest absolute Gasteiger partial charge is 0.160 e. The van der Waals surface area contributed by atoms with Crippen molar-refractivity contribution in [2.24, 2.45) is 0 Å². The maximum Gasteiger partial charge on any atom is 0.160 e. The molecule has 110 valence electrons. The SMILES string of the molecule is CCNC1CCCCc2nc(C3(C)CCCO3)ncc21. The van der Waals surface area contributed by atoms with Crippen LogP contribution in [0.4, 0.5) is 0 Å². The van der Waals surface area contributed by atoms with Crippen molar-refractivity contribution in [1.29, 1.82) is 0 Å². The summed E-state index contributed by atoms with van der Waals surface area (Å²) in [7, 11) is 0. The van der Waals surface area contributed by atoms with E-state index in [1.165, 1.54) is 30.5 Å². The monoisotopic (exact) mass is 275 g/mol. The Labute approximate surface area is 121 Å². The quantitative estimate of drug-likeness (QED) is 0.862. The van der Waals surface area contributed by atoms with Crippen LogP contribution in [-0.2, 0) is 16.8 Å². The highest BCUT2D eigenvalue weighted by Crippen LogP contribution is 2.35. The molecule has 3 rings (SSSR count). The molecule has 2 unspecified atom stereocenters. The summed E-state index contributed by atoms with van der Waals surface area (Å²) in [5, 5.41) is 3.57. The van der Waals surface area contributed by atoms with E-state index in [-0.39, 0.29) is 5.60 Å². The number of aromatic nitrogens is 2. The Kier molecular flexibility index (Phi) is 4.03. The van der Waals surface area contributed by atoms with Crippen molar-refractivity contribution in [3.63, 3.8) is 0 Å². The maximum atomic E-state index is 5.88. The zero-order valence-electron chi connectivity index (χ0n) is 12.6. The Morgan fingerprint density at radius 1 is 1.40 bits per heavy atom. The second-order valence-electron chi connectivity index (χ2n) is 6.13. The summed E-state index contributed by atoms with van der Waals surface area (Å²) in [5.41, 5.74) is 2.26. The van der Waals surface area contributed by atoms with Crippen LogP contribution in [0, 0.1) is 0 Å². The van der Waals surface area contributed by atoms with E-state index in [1.54, 1.807) is 0 Å². The predicted octanol–water partition coefficient (Wildman–Crippen LogP) is 2.88. The summed E-state index contributed by atoms with van der Waals surface area (Å²) in [4.78, 5) is 9.53. The van der Waals surface area contributed by atoms with E-state index in [4.69, 9.17) is 9.72 Å². The summed E-state index contributed by atoms with van der Waals surface area (Å²) in [6.45, 7) is 6.11. The van der Waals surface area contributed by atoms with Gasteiger partial charge < -0.3 is 10.1 Å². The summed E-state index contributed by atoms with van der Waals surface area (Å²) in [5.74, 6) is 0.880. The Balaban J connectivity index is 1.93. The van der Waals surface area contributed by atoms with Gasteiger partial charge in [0, 0.05) is 30.1 Å². The lowest BCUT2D eigenvalue weighted by atomic mass is 10.00. The Bertz CT molecular complexity index is 469. The molecule has 1 aromatic rings. The lowest BCUT2D eigenvalue weighted by molar-refractivity contribution is 0.00908. The molecule has 1 aliphatic heterocycles. The second-order valence-corrected chi connectivity index (χ2v) is 6.13. The minimum atomic E-state index is -0.269. The van der Waals surface area contributed by atoms with Crippen LogP contribution in [0.2, 0.25) is 0 Å². The predicted molar refractivity (Wildman–Crippen MR) is 78.5 cm³/mol. The maximum absolute atomic E-state index is 5.88. The van der Waals surface area contributed by atoms with E-state index in [0.717, 1.165) is 38.2 Å². The summed E-state index contributed by atoms with van der Waals surface area (Å²) in [6.07, 6.45) is 8.93. The molecule has 4 heteroatoms. The van der Waals surface area contributed by atoms with Crippen LogP contribution in [0.25, 0.3) is 0 Å². The largest absolute Gasteiger partial charge is 0.367 e. The minimum Gasteiger partial charge on any atom is -0.367 e. The van der Waals surface area contributed by atoms with Gasteiger partial charge in [-0.3, -0.25) is 0 Å². The van der Waals surface area contributed by atoms with Crippen molar-refractivity contribution in [2.45, 2.75) is 64.0 Å². The fourth-order valence-corrected chi connectivity index (χ4v) is 3.38. The van der Waals surface area contributed by atoms with Gasteiger partial charge in [0.1, 0.15) is 5.60 Å². The second kappa shape index (κ2) is 5.78. The van der Waals surface area contributed by atoms with Crippen molar-refractivity contribution in [3.05, 3.63) is 23.3 Å². The van der Waals surface area contributed by atoms with Gasteiger partial charge in [-0.2, -0.15) is 0 Å². The molecule has 0 spiro atoms. The van der Waals surface area contributed by atoms with Gasteiger partial charge in [0.25, 0.3) is 0 Å².